The van der Waals surface area contributed by atoms with E-state index in [1.807, 2.05) is 12.1 Å². The Labute approximate surface area is 145 Å². The first-order chi connectivity index (χ1) is 11.5. The highest BCUT2D eigenvalue weighted by Crippen LogP contribution is 2.34. The van der Waals surface area contributed by atoms with E-state index in [1.54, 1.807) is 12.1 Å². The molecule has 2 fully saturated rings. The zero-order chi connectivity index (χ0) is 17.2. The predicted octanol–water partition coefficient (Wildman–Crippen LogP) is 2.21. The lowest BCUT2D eigenvalue weighted by Crippen LogP contribution is -2.44. The molecule has 7 heteroatoms. The van der Waals surface area contributed by atoms with Gasteiger partial charge in [-0.15, -0.1) is 0 Å². The van der Waals surface area contributed by atoms with Gasteiger partial charge in [0.05, 0.1) is 0 Å². The van der Waals surface area contributed by atoms with E-state index in [-0.39, 0.29) is 30.8 Å². The molecule has 0 unspecified atom stereocenters. The Morgan fingerprint density at radius 3 is 2.54 bits per heavy atom. The van der Waals surface area contributed by atoms with Crippen molar-refractivity contribution in [3.8, 4) is 0 Å². The molecule has 0 aromatic heterocycles. The van der Waals surface area contributed by atoms with Crippen LogP contribution >= 0.6 is 11.6 Å². The maximum atomic E-state index is 12.5. The summed E-state index contributed by atoms with van der Waals surface area (Å²) in [6, 6.07) is 6.81. The lowest BCUT2D eigenvalue weighted by Gasteiger charge is -2.19. The first kappa shape index (κ1) is 16.8. The van der Waals surface area contributed by atoms with Crippen LogP contribution in [0, 0.1) is 0 Å². The van der Waals surface area contributed by atoms with E-state index in [0.717, 1.165) is 18.4 Å². The number of urea groups is 1. The van der Waals surface area contributed by atoms with E-state index in [1.165, 1.54) is 4.90 Å². The average Bonchev–Trinajstić information content (AvgIpc) is 3.12. The Morgan fingerprint density at radius 2 is 1.88 bits per heavy atom. The maximum Gasteiger partial charge on any atom is 0.325 e. The molecule has 0 bridgehead atoms. The summed E-state index contributed by atoms with van der Waals surface area (Å²) in [6.07, 6.45) is 3.37. The standard InChI is InChI=1S/C17H20ClN3O3/c18-13-5-3-12(4-6-13)11-19-14(22)7-10-21-15(23)17(20-16(21)24)8-1-2-9-17/h3-6H,1-2,7-11H2,(H,19,22)(H,20,24). The third kappa shape index (κ3) is 3.38. The molecule has 0 radical (unpaired) electrons. The smallest absolute Gasteiger partial charge is 0.325 e. The molecule has 3 rings (SSSR count). The SMILES string of the molecule is O=C(CCN1C(=O)NC2(CCCC2)C1=O)NCc1ccc(Cl)cc1. The average molecular weight is 350 g/mol. The molecule has 6 nitrogen and oxygen atoms in total. The summed E-state index contributed by atoms with van der Waals surface area (Å²) < 4.78 is 0. The highest BCUT2D eigenvalue weighted by atomic mass is 35.5. The zero-order valence-electron chi connectivity index (χ0n) is 13.3. The molecule has 1 aromatic carbocycles. The van der Waals surface area contributed by atoms with Crippen molar-refractivity contribution >= 4 is 29.4 Å². The van der Waals surface area contributed by atoms with Crippen LogP contribution in [0.5, 0.6) is 0 Å². The van der Waals surface area contributed by atoms with Gasteiger partial charge in [-0.25, -0.2) is 4.79 Å². The Morgan fingerprint density at radius 1 is 1.21 bits per heavy atom. The summed E-state index contributed by atoms with van der Waals surface area (Å²) in [7, 11) is 0. The molecule has 2 N–H and O–H groups in total. The van der Waals surface area contributed by atoms with E-state index in [2.05, 4.69) is 10.6 Å². The Hall–Kier alpha value is -2.08. The number of hydrogen-bond donors (Lipinski definition) is 2. The van der Waals surface area contributed by atoms with Crippen molar-refractivity contribution in [3.63, 3.8) is 0 Å². The van der Waals surface area contributed by atoms with Gasteiger partial charge in [0.1, 0.15) is 5.54 Å². The number of nitrogens with zero attached hydrogens (tertiary/aromatic N) is 1. The monoisotopic (exact) mass is 349 g/mol. The number of rotatable bonds is 5. The molecule has 1 spiro atoms. The minimum atomic E-state index is -0.711. The molecule has 1 aliphatic heterocycles. The fraction of sp³-hybridized carbons (Fsp3) is 0.471. The highest BCUT2D eigenvalue weighted by Gasteiger charge is 2.52. The van der Waals surface area contributed by atoms with Gasteiger partial charge in [-0.2, -0.15) is 0 Å². The van der Waals surface area contributed by atoms with Crippen molar-refractivity contribution in [2.45, 2.75) is 44.2 Å². The van der Waals surface area contributed by atoms with Gasteiger partial charge in [-0.3, -0.25) is 14.5 Å². The number of benzene rings is 1. The fourth-order valence-corrected chi connectivity index (χ4v) is 3.43. The number of carbonyl (C=O) groups is 3. The quantitative estimate of drug-likeness (QED) is 0.800. The molecule has 4 amide bonds. The largest absolute Gasteiger partial charge is 0.352 e. The van der Waals surface area contributed by atoms with Crippen LogP contribution in [0.15, 0.2) is 24.3 Å². The fourth-order valence-electron chi connectivity index (χ4n) is 3.30. The van der Waals surface area contributed by atoms with Crippen LogP contribution in [0.4, 0.5) is 4.79 Å². The topological polar surface area (TPSA) is 78.5 Å². The van der Waals surface area contributed by atoms with Crippen molar-refractivity contribution in [1.29, 1.82) is 0 Å². The first-order valence-electron chi connectivity index (χ1n) is 8.15. The van der Waals surface area contributed by atoms with Crippen LogP contribution in [-0.4, -0.2) is 34.8 Å². The lowest BCUT2D eigenvalue weighted by molar-refractivity contribution is -0.131. The third-order valence-electron chi connectivity index (χ3n) is 4.67. The molecule has 1 aromatic rings. The number of imide groups is 1. The normalized spacial score (nSPS) is 19.0. The summed E-state index contributed by atoms with van der Waals surface area (Å²) >= 11 is 5.81. The molecular formula is C17H20ClN3O3. The van der Waals surface area contributed by atoms with Crippen LogP contribution in [0.1, 0.15) is 37.7 Å². The van der Waals surface area contributed by atoms with Crippen molar-refractivity contribution in [3.05, 3.63) is 34.9 Å². The summed E-state index contributed by atoms with van der Waals surface area (Å²) in [5.74, 6) is -0.381. The molecule has 24 heavy (non-hydrogen) atoms. The highest BCUT2D eigenvalue weighted by molar-refractivity contribution is 6.30. The van der Waals surface area contributed by atoms with Crippen LogP contribution in [0.3, 0.4) is 0 Å². The van der Waals surface area contributed by atoms with E-state index >= 15 is 0 Å². The van der Waals surface area contributed by atoms with Crippen molar-refractivity contribution in [2.75, 3.05) is 6.54 Å². The van der Waals surface area contributed by atoms with E-state index in [9.17, 15) is 14.4 Å². The first-order valence-corrected chi connectivity index (χ1v) is 8.53. The van der Waals surface area contributed by atoms with Crippen LogP contribution in [0.2, 0.25) is 5.02 Å². The molecule has 1 heterocycles. The summed E-state index contributed by atoms with van der Waals surface area (Å²) in [5.41, 5.74) is 0.226. The summed E-state index contributed by atoms with van der Waals surface area (Å²) in [6.45, 7) is 0.499. The van der Waals surface area contributed by atoms with Crippen LogP contribution in [-0.2, 0) is 16.1 Å². The number of amides is 4. The van der Waals surface area contributed by atoms with E-state index in [4.69, 9.17) is 11.6 Å². The molecular weight excluding hydrogens is 330 g/mol. The molecule has 0 atom stereocenters. The number of carbonyl (C=O) groups excluding carboxylic acids is 3. The van der Waals surface area contributed by atoms with Crippen LogP contribution in [0.25, 0.3) is 0 Å². The van der Waals surface area contributed by atoms with Crippen LogP contribution < -0.4 is 10.6 Å². The second kappa shape index (κ2) is 6.81. The van der Waals surface area contributed by atoms with Gasteiger partial charge in [0.25, 0.3) is 5.91 Å². The van der Waals surface area contributed by atoms with Gasteiger partial charge < -0.3 is 10.6 Å². The van der Waals surface area contributed by atoms with Gasteiger partial charge >= 0.3 is 6.03 Å². The Bertz CT molecular complexity index is 654. The number of halogens is 1. The van der Waals surface area contributed by atoms with Crippen molar-refractivity contribution in [1.82, 2.24) is 15.5 Å². The molecule has 1 saturated heterocycles. The van der Waals surface area contributed by atoms with Gasteiger partial charge in [-0.1, -0.05) is 36.6 Å². The van der Waals surface area contributed by atoms with Gasteiger partial charge in [0, 0.05) is 24.5 Å². The van der Waals surface area contributed by atoms with E-state index in [0.29, 0.717) is 24.4 Å². The molecule has 128 valence electrons. The Kier molecular flexibility index (Phi) is 4.76. The zero-order valence-corrected chi connectivity index (χ0v) is 14.1. The summed E-state index contributed by atoms with van der Waals surface area (Å²) in [5, 5.41) is 6.23. The molecule has 2 aliphatic rings. The van der Waals surface area contributed by atoms with E-state index < -0.39 is 5.54 Å². The van der Waals surface area contributed by atoms with Gasteiger partial charge in [0.15, 0.2) is 0 Å². The van der Waals surface area contributed by atoms with Gasteiger partial charge in [0.2, 0.25) is 5.91 Å². The minimum absolute atomic E-state index is 0.100. The molecule has 1 aliphatic carbocycles. The second-order valence-corrected chi connectivity index (χ2v) is 6.77. The second-order valence-electron chi connectivity index (χ2n) is 6.33. The Balaban J connectivity index is 1.48. The number of nitrogens with one attached hydrogen (secondary N) is 2. The lowest BCUT2D eigenvalue weighted by atomic mass is 9.98. The van der Waals surface area contributed by atoms with Crippen molar-refractivity contribution < 1.29 is 14.4 Å². The van der Waals surface area contributed by atoms with Crippen molar-refractivity contribution in [2.24, 2.45) is 0 Å². The molecule has 1 saturated carbocycles. The third-order valence-corrected chi connectivity index (χ3v) is 4.92. The maximum absolute atomic E-state index is 12.5. The predicted molar refractivity (Wildman–Crippen MR) is 89.4 cm³/mol. The summed E-state index contributed by atoms with van der Waals surface area (Å²) in [4.78, 5) is 37.6. The minimum Gasteiger partial charge on any atom is -0.352 e. The van der Waals surface area contributed by atoms with Gasteiger partial charge in [-0.05, 0) is 30.5 Å². The number of hydrogen-bond acceptors (Lipinski definition) is 3.